The van der Waals surface area contributed by atoms with Crippen LogP contribution >= 0.6 is 0 Å². The van der Waals surface area contributed by atoms with E-state index < -0.39 is 28.3 Å². The lowest BCUT2D eigenvalue weighted by Gasteiger charge is -2.14. The first-order valence-electron chi connectivity index (χ1n) is 6.06. The third kappa shape index (κ3) is 3.14. The summed E-state index contributed by atoms with van der Waals surface area (Å²) in [5.74, 6) is -1.41. The number of benzene rings is 2. The van der Waals surface area contributed by atoms with Crippen LogP contribution in [0, 0.1) is 21.7 Å². The number of ether oxygens (including phenoxy) is 1. The summed E-state index contributed by atoms with van der Waals surface area (Å²) in [7, 11) is 0. The molecule has 0 saturated carbocycles. The molecule has 5 nitrogen and oxygen atoms in total. The zero-order chi connectivity index (χ0) is 15.6. The van der Waals surface area contributed by atoms with Gasteiger partial charge in [0.05, 0.1) is 4.92 Å². The third-order valence-corrected chi connectivity index (χ3v) is 2.81. The number of hydrogen-bond donors (Lipinski definition) is 1. The minimum atomic E-state index is -1.03. The Hall–Kier alpha value is -2.54. The van der Waals surface area contributed by atoms with Crippen LogP contribution in [0.1, 0.15) is 18.5 Å². The molecule has 0 aliphatic rings. The molecular weight excluding hydrogens is 282 g/mol. The summed E-state index contributed by atoms with van der Waals surface area (Å²) in [6.45, 7) is 1.59. The Morgan fingerprint density at radius 3 is 2.52 bits per heavy atom. The monoisotopic (exact) mass is 294 g/mol. The van der Waals surface area contributed by atoms with Gasteiger partial charge in [0.25, 0.3) is 0 Å². The molecule has 2 aromatic carbocycles. The van der Waals surface area contributed by atoms with Gasteiger partial charge < -0.3 is 10.5 Å². The van der Waals surface area contributed by atoms with Gasteiger partial charge in [-0.25, -0.2) is 4.39 Å². The highest BCUT2D eigenvalue weighted by Crippen LogP contribution is 2.32. The summed E-state index contributed by atoms with van der Waals surface area (Å²) in [5.41, 5.74) is 5.17. The van der Waals surface area contributed by atoms with Crippen molar-refractivity contribution in [3.05, 3.63) is 63.7 Å². The standard InChI is InChI=1S/C14H12F2N2O3/c1-8(17)14-10(15)3-2-4-13(14)21-9-5-6-12(18(19)20)11(16)7-9/h2-8H,17H2,1H3. The zero-order valence-corrected chi connectivity index (χ0v) is 11.0. The number of nitrogens with zero attached hydrogens (tertiary/aromatic N) is 1. The summed E-state index contributed by atoms with van der Waals surface area (Å²) in [6.07, 6.45) is 0. The number of nitro groups is 1. The Morgan fingerprint density at radius 2 is 1.95 bits per heavy atom. The number of hydrogen-bond acceptors (Lipinski definition) is 4. The second-order valence-electron chi connectivity index (χ2n) is 4.41. The molecule has 0 heterocycles. The van der Waals surface area contributed by atoms with Crippen molar-refractivity contribution in [2.24, 2.45) is 5.73 Å². The summed E-state index contributed by atoms with van der Waals surface area (Å²) in [5, 5.41) is 10.5. The van der Waals surface area contributed by atoms with Gasteiger partial charge >= 0.3 is 5.69 Å². The fourth-order valence-corrected chi connectivity index (χ4v) is 1.87. The van der Waals surface area contributed by atoms with Crippen molar-refractivity contribution < 1.29 is 18.4 Å². The van der Waals surface area contributed by atoms with E-state index >= 15 is 0 Å². The van der Waals surface area contributed by atoms with Crippen molar-refractivity contribution >= 4 is 5.69 Å². The van der Waals surface area contributed by atoms with Crippen molar-refractivity contribution in [2.75, 3.05) is 0 Å². The summed E-state index contributed by atoms with van der Waals surface area (Å²) in [6, 6.07) is 6.62. The Bertz CT molecular complexity index is 690. The van der Waals surface area contributed by atoms with E-state index in [1.165, 1.54) is 24.3 Å². The maximum Gasteiger partial charge on any atom is 0.305 e. The first-order chi connectivity index (χ1) is 9.90. The third-order valence-electron chi connectivity index (χ3n) is 2.81. The molecule has 1 atom stereocenters. The lowest BCUT2D eigenvalue weighted by molar-refractivity contribution is -0.387. The van der Waals surface area contributed by atoms with Gasteiger partial charge in [0.2, 0.25) is 5.82 Å². The molecule has 2 rings (SSSR count). The fraction of sp³-hybridized carbons (Fsp3) is 0.143. The molecule has 7 heteroatoms. The molecule has 0 amide bonds. The smallest absolute Gasteiger partial charge is 0.305 e. The SMILES string of the molecule is CC(N)c1c(F)cccc1Oc1ccc([N+](=O)[O-])c(F)c1. The summed E-state index contributed by atoms with van der Waals surface area (Å²) in [4.78, 5) is 9.70. The zero-order valence-electron chi connectivity index (χ0n) is 11.0. The molecule has 0 aliphatic carbocycles. The van der Waals surface area contributed by atoms with Gasteiger partial charge in [0.1, 0.15) is 17.3 Å². The molecule has 21 heavy (non-hydrogen) atoms. The van der Waals surface area contributed by atoms with E-state index in [1.807, 2.05) is 0 Å². The van der Waals surface area contributed by atoms with E-state index in [-0.39, 0.29) is 17.1 Å². The van der Waals surface area contributed by atoms with Crippen LogP contribution < -0.4 is 10.5 Å². The van der Waals surface area contributed by atoms with Crippen molar-refractivity contribution in [1.82, 2.24) is 0 Å². The van der Waals surface area contributed by atoms with Gasteiger partial charge in [-0.3, -0.25) is 10.1 Å². The lowest BCUT2D eigenvalue weighted by Crippen LogP contribution is -2.09. The Labute approximate surface area is 119 Å². The van der Waals surface area contributed by atoms with Crippen LogP contribution in [0.15, 0.2) is 36.4 Å². The van der Waals surface area contributed by atoms with Crippen molar-refractivity contribution in [3.63, 3.8) is 0 Å². The topological polar surface area (TPSA) is 78.4 Å². The minimum Gasteiger partial charge on any atom is -0.457 e. The van der Waals surface area contributed by atoms with Crippen LogP contribution in [-0.4, -0.2) is 4.92 Å². The predicted octanol–water partition coefficient (Wildman–Crippen LogP) is 3.69. The average Bonchev–Trinajstić information content (AvgIpc) is 2.37. The maximum atomic E-state index is 13.7. The van der Waals surface area contributed by atoms with E-state index in [4.69, 9.17) is 10.5 Å². The van der Waals surface area contributed by atoms with Crippen LogP contribution in [-0.2, 0) is 0 Å². The van der Waals surface area contributed by atoms with Gasteiger partial charge in [-0.15, -0.1) is 0 Å². The second-order valence-corrected chi connectivity index (χ2v) is 4.41. The highest BCUT2D eigenvalue weighted by Gasteiger charge is 2.17. The van der Waals surface area contributed by atoms with Crippen molar-refractivity contribution in [2.45, 2.75) is 13.0 Å². The molecule has 0 spiro atoms. The number of rotatable bonds is 4. The van der Waals surface area contributed by atoms with E-state index in [9.17, 15) is 18.9 Å². The Morgan fingerprint density at radius 1 is 1.24 bits per heavy atom. The lowest BCUT2D eigenvalue weighted by atomic mass is 10.1. The molecule has 0 bridgehead atoms. The maximum absolute atomic E-state index is 13.7. The summed E-state index contributed by atoms with van der Waals surface area (Å²) < 4.78 is 32.6. The van der Waals surface area contributed by atoms with E-state index in [1.54, 1.807) is 6.92 Å². The van der Waals surface area contributed by atoms with Crippen LogP contribution in [0.2, 0.25) is 0 Å². The van der Waals surface area contributed by atoms with Crippen molar-refractivity contribution in [3.8, 4) is 11.5 Å². The molecular formula is C14H12F2N2O3. The first-order valence-corrected chi connectivity index (χ1v) is 6.06. The van der Waals surface area contributed by atoms with Gasteiger partial charge in [0.15, 0.2) is 0 Å². The highest BCUT2D eigenvalue weighted by molar-refractivity contribution is 5.43. The molecule has 2 N–H and O–H groups in total. The highest BCUT2D eigenvalue weighted by atomic mass is 19.1. The fourth-order valence-electron chi connectivity index (χ4n) is 1.87. The van der Waals surface area contributed by atoms with Gasteiger partial charge in [-0.1, -0.05) is 6.07 Å². The molecule has 0 fully saturated rings. The number of halogens is 2. The van der Waals surface area contributed by atoms with Gasteiger partial charge in [-0.2, -0.15) is 4.39 Å². The summed E-state index contributed by atoms with van der Waals surface area (Å²) >= 11 is 0. The van der Waals surface area contributed by atoms with Crippen LogP contribution in [0.4, 0.5) is 14.5 Å². The second kappa shape index (κ2) is 5.84. The molecule has 110 valence electrons. The van der Waals surface area contributed by atoms with E-state index in [0.29, 0.717) is 0 Å². The molecule has 0 saturated heterocycles. The van der Waals surface area contributed by atoms with E-state index in [0.717, 1.165) is 12.1 Å². The van der Waals surface area contributed by atoms with Crippen LogP contribution in [0.5, 0.6) is 11.5 Å². The normalized spacial score (nSPS) is 12.0. The molecule has 0 aromatic heterocycles. The predicted molar refractivity (Wildman–Crippen MR) is 72.1 cm³/mol. The molecule has 1 unspecified atom stereocenters. The van der Waals surface area contributed by atoms with Crippen molar-refractivity contribution in [1.29, 1.82) is 0 Å². The largest absolute Gasteiger partial charge is 0.457 e. The quantitative estimate of drug-likeness (QED) is 0.689. The number of nitrogens with two attached hydrogens (primary N) is 1. The number of nitro benzene ring substituents is 1. The van der Waals surface area contributed by atoms with Crippen LogP contribution in [0.25, 0.3) is 0 Å². The first kappa shape index (κ1) is 14.9. The minimum absolute atomic E-state index is 0.0191. The molecule has 2 aromatic rings. The molecule has 0 radical (unpaired) electrons. The Kier molecular flexibility index (Phi) is 4.13. The van der Waals surface area contributed by atoms with Gasteiger partial charge in [0, 0.05) is 23.7 Å². The average molecular weight is 294 g/mol. The molecule has 0 aliphatic heterocycles. The van der Waals surface area contributed by atoms with Gasteiger partial charge in [-0.05, 0) is 25.1 Å². The Balaban J connectivity index is 2.37. The van der Waals surface area contributed by atoms with E-state index in [2.05, 4.69) is 0 Å². The van der Waals surface area contributed by atoms with Crippen LogP contribution in [0.3, 0.4) is 0 Å².